The van der Waals surface area contributed by atoms with Gasteiger partial charge in [-0.2, -0.15) is 0 Å². The summed E-state index contributed by atoms with van der Waals surface area (Å²) in [6.07, 6.45) is 1.40. The Morgan fingerprint density at radius 1 is 1.05 bits per heavy atom. The maximum absolute atomic E-state index is 6.03. The van der Waals surface area contributed by atoms with E-state index in [1.807, 2.05) is 6.92 Å². The molecule has 0 aliphatic heterocycles. The van der Waals surface area contributed by atoms with Crippen molar-refractivity contribution in [1.29, 1.82) is 0 Å². The van der Waals surface area contributed by atoms with Crippen molar-refractivity contribution in [3.8, 4) is 11.6 Å². The molecular weight excluding hydrogens is 309 g/mol. The van der Waals surface area contributed by atoms with Crippen molar-refractivity contribution < 1.29 is 4.74 Å². The van der Waals surface area contributed by atoms with Gasteiger partial charge in [0.2, 0.25) is 5.88 Å². The fraction of sp³-hybridized carbons (Fsp3) is 0.167. The summed E-state index contributed by atoms with van der Waals surface area (Å²) in [7, 11) is 0. The van der Waals surface area contributed by atoms with Crippen LogP contribution in [0, 0.1) is 0 Å². The first kappa shape index (κ1) is 14.2. The summed E-state index contributed by atoms with van der Waals surface area (Å²) in [5.41, 5.74) is 0. The average Bonchev–Trinajstić information content (AvgIpc) is 2.37. The number of hydrogen-bond acceptors (Lipinski definition) is 4. The zero-order valence-corrected chi connectivity index (χ0v) is 12.2. The van der Waals surface area contributed by atoms with E-state index in [4.69, 9.17) is 39.5 Å². The van der Waals surface area contributed by atoms with Crippen molar-refractivity contribution in [3.05, 3.63) is 39.6 Å². The van der Waals surface area contributed by atoms with E-state index >= 15 is 0 Å². The van der Waals surface area contributed by atoms with Crippen LogP contribution in [0.1, 0.15) is 6.92 Å². The maximum atomic E-state index is 6.03. The summed E-state index contributed by atoms with van der Waals surface area (Å²) < 4.78 is 5.57. The van der Waals surface area contributed by atoms with Crippen LogP contribution in [0.15, 0.2) is 24.5 Å². The summed E-state index contributed by atoms with van der Waals surface area (Å²) in [5, 5.41) is 4.15. The van der Waals surface area contributed by atoms with Gasteiger partial charge in [0.15, 0.2) is 0 Å². The Kier molecular flexibility index (Phi) is 4.69. The van der Waals surface area contributed by atoms with Crippen molar-refractivity contribution in [2.45, 2.75) is 6.92 Å². The van der Waals surface area contributed by atoms with Crippen LogP contribution in [0.5, 0.6) is 11.6 Å². The number of rotatable bonds is 4. The fourth-order valence-corrected chi connectivity index (χ4v) is 1.94. The van der Waals surface area contributed by atoms with E-state index in [-0.39, 0.29) is 0 Å². The molecule has 4 nitrogen and oxygen atoms in total. The molecule has 7 heteroatoms. The monoisotopic (exact) mass is 317 g/mol. The number of benzene rings is 1. The van der Waals surface area contributed by atoms with Crippen LogP contribution in [0.25, 0.3) is 0 Å². The highest BCUT2D eigenvalue weighted by Gasteiger charge is 2.09. The van der Waals surface area contributed by atoms with E-state index in [0.717, 1.165) is 6.54 Å². The first-order chi connectivity index (χ1) is 9.10. The number of aromatic nitrogens is 2. The predicted octanol–water partition coefficient (Wildman–Crippen LogP) is 4.66. The third-order valence-corrected chi connectivity index (χ3v) is 3.21. The van der Waals surface area contributed by atoms with Crippen LogP contribution in [0.3, 0.4) is 0 Å². The maximum Gasteiger partial charge on any atom is 0.224 e. The van der Waals surface area contributed by atoms with Gasteiger partial charge in [-0.05, 0) is 13.0 Å². The Morgan fingerprint density at radius 3 is 2.53 bits per heavy atom. The number of nitrogens with one attached hydrogen (secondary N) is 1. The number of hydrogen-bond donors (Lipinski definition) is 1. The Bertz CT molecular complexity index is 592. The average molecular weight is 319 g/mol. The van der Waals surface area contributed by atoms with Crippen molar-refractivity contribution in [2.75, 3.05) is 11.9 Å². The van der Waals surface area contributed by atoms with E-state index in [2.05, 4.69) is 15.3 Å². The van der Waals surface area contributed by atoms with E-state index in [1.165, 1.54) is 12.4 Å². The molecule has 1 N–H and O–H groups in total. The molecule has 0 bridgehead atoms. The molecule has 1 aromatic carbocycles. The molecule has 0 unspecified atom stereocenters. The van der Waals surface area contributed by atoms with Gasteiger partial charge in [-0.1, -0.05) is 34.8 Å². The standard InChI is InChI=1S/C12H10Cl3N3O/c1-2-16-11-5-12(18-6-17-11)19-10-4-8(14)7(13)3-9(10)15/h3-6H,2H2,1H3,(H,16,17,18). The lowest BCUT2D eigenvalue weighted by Gasteiger charge is -2.09. The molecule has 1 heterocycles. The zero-order chi connectivity index (χ0) is 13.8. The van der Waals surface area contributed by atoms with Gasteiger partial charge >= 0.3 is 0 Å². The van der Waals surface area contributed by atoms with Gasteiger partial charge in [0, 0.05) is 18.7 Å². The molecule has 0 fully saturated rings. The third kappa shape index (κ3) is 3.62. The molecule has 2 rings (SSSR count). The van der Waals surface area contributed by atoms with Crippen molar-refractivity contribution >= 4 is 40.6 Å². The Balaban J connectivity index is 2.25. The second-order valence-electron chi connectivity index (χ2n) is 3.57. The van der Waals surface area contributed by atoms with Gasteiger partial charge < -0.3 is 10.1 Å². The summed E-state index contributed by atoms with van der Waals surface area (Å²) in [5.74, 6) is 1.42. The molecule has 2 aromatic rings. The van der Waals surface area contributed by atoms with Gasteiger partial charge in [-0.3, -0.25) is 0 Å². The van der Waals surface area contributed by atoms with Crippen LogP contribution < -0.4 is 10.1 Å². The summed E-state index contributed by atoms with van der Waals surface area (Å²) in [6, 6.07) is 4.73. The van der Waals surface area contributed by atoms with E-state index in [9.17, 15) is 0 Å². The first-order valence-electron chi connectivity index (χ1n) is 5.48. The Morgan fingerprint density at radius 2 is 1.79 bits per heavy atom. The molecule has 1 aromatic heterocycles. The molecule has 0 aliphatic carbocycles. The van der Waals surface area contributed by atoms with E-state index in [1.54, 1.807) is 12.1 Å². The summed E-state index contributed by atoms with van der Waals surface area (Å²) >= 11 is 17.8. The van der Waals surface area contributed by atoms with E-state index < -0.39 is 0 Å². The summed E-state index contributed by atoms with van der Waals surface area (Å²) in [6.45, 7) is 2.72. The number of halogens is 3. The quantitative estimate of drug-likeness (QED) is 0.833. The highest BCUT2D eigenvalue weighted by Crippen LogP contribution is 2.36. The van der Waals surface area contributed by atoms with Gasteiger partial charge in [0.1, 0.15) is 17.9 Å². The topological polar surface area (TPSA) is 47.0 Å². The SMILES string of the molecule is CCNc1cc(Oc2cc(Cl)c(Cl)cc2Cl)ncn1. The first-order valence-corrected chi connectivity index (χ1v) is 6.62. The van der Waals surface area contributed by atoms with Crippen molar-refractivity contribution in [1.82, 2.24) is 9.97 Å². The lowest BCUT2D eigenvalue weighted by Crippen LogP contribution is -2.00. The van der Waals surface area contributed by atoms with Crippen molar-refractivity contribution in [3.63, 3.8) is 0 Å². The Hall–Kier alpha value is -1.23. The normalized spacial score (nSPS) is 10.3. The molecule has 0 spiro atoms. The van der Waals surface area contributed by atoms with Crippen LogP contribution in [-0.4, -0.2) is 16.5 Å². The lowest BCUT2D eigenvalue weighted by atomic mass is 10.3. The molecular formula is C12H10Cl3N3O. The molecule has 0 aliphatic rings. The number of nitrogens with zero attached hydrogens (tertiary/aromatic N) is 2. The minimum absolute atomic E-state index is 0.359. The largest absolute Gasteiger partial charge is 0.437 e. The number of anilines is 1. The number of ether oxygens (including phenoxy) is 1. The Labute approximate surface area is 125 Å². The minimum Gasteiger partial charge on any atom is -0.437 e. The fourth-order valence-electron chi connectivity index (χ4n) is 1.37. The second kappa shape index (κ2) is 6.28. The zero-order valence-electron chi connectivity index (χ0n) is 9.95. The predicted molar refractivity (Wildman–Crippen MR) is 77.7 cm³/mol. The minimum atomic E-state index is 0.359. The molecule has 0 saturated heterocycles. The molecule has 0 radical (unpaired) electrons. The van der Waals surface area contributed by atoms with Gasteiger partial charge in [0.05, 0.1) is 15.1 Å². The third-order valence-electron chi connectivity index (χ3n) is 2.19. The molecule has 19 heavy (non-hydrogen) atoms. The van der Waals surface area contributed by atoms with Gasteiger partial charge in [0.25, 0.3) is 0 Å². The van der Waals surface area contributed by atoms with Crippen LogP contribution in [-0.2, 0) is 0 Å². The van der Waals surface area contributed by atoms with Gasteiger partial charge in [-0.25, -0.2) is 9.97 Å². The summed E-state index contributed by atoms with van der Waals surface area (Å²) in [4.78, 5) is 8.04. The van der Waals surface area contributed by atoms with Gasteiger partial charge in [-0.15, -0.1) is 0 Å². The molecule has 0 atom stereocenters. The smallest absolute Gasteiger partial charge is 0.224 e. The highest BCUT2D eigenvalue weighted by atomic mass is 35.5. The van der Waals surface area contributed by atoms with Crippen LogP contribution >= 0.6 is 34.8 Å². The highest BCUT2D eigenvalue weighted by molar-refractivity contribution is 6.43. The lowest BCUT2D eigenvalue weighted by molar-refractivity contribution is 0.462. The van der Waals surface area contributed by atoms with Crippen molar-refractivity contribution in [2.24, 2.45) is 0 Å². The van der Waals surface area contributed by atoms with E-state index in [0.29, 0.717) is 32.5 Å². The van der Waals surface area contributed by atoms with Crippen LogP contribution in [0.4, 0.5) is 5.82 Å². The molecule has 0 saturated carbocycles. The second-order valence-corrected chi connectivity index (χ2v) is 4.79. The van der Waals surface area contributed by atoms with Crippen LogP contribution in [0.2, 0.25) is 15.1 Å². The molecule has 0 amide bonds. The molecule has 100 valence electrons.